The van der Waals surface area contributed by atoms with Gasteiger partial charge < -0.3 is 15.2 Å². The van der Waals surface area contributed by atoms with E-state index < -0.39 is 11.8 Å². The van der Waals surface area contributed by atoms with Crippen LogP contribution >= 0.6 is 11.6 Å². The Morgan fingerprint density at radius 2 is 1.93 bits per heavy atom. The quantitative estimate of drug-likeness (QED) is 0.609. The number of aromatic nitrogens is 3. The monoisotopic (exact) mass is 402 g/mol. The number of nitrogen functional groups attached to an aromatic ring is 1. The zero-order chi connectivity index (χ0) is 20.1. The smallest absolute Gasteiger partial charge is 0.312 e. The van der Waals surface area contributed by atoms with E-state index in [0.717, 1.165) is 6.07 Å². The number of rotatable bonds is 6. The summed E-state index contributed by atoms with van der Waals surface area (Å²) in [5.41, 5.74) is 6.86. The third-order valence-corrected chi connectivity index (χ3v) is 3.78. The van der Waals surface area contributed by atoms with Gasteiger partial charge in [0, 0.05) is 18.2 Å². The molecule has 0 unspecified atom stereocenters. The molecule has 0 amide bonds. The average Bonchev–Trinajstić information content (AvgIpc) is 2.67. The van der Waals surface area contributed by atoms with Gasteiger partial charge in [-0.1, -0.05) is 18.5 Å². The maximum absolute atomic E-state index is 13.8. The standard InChI is InChI=1S/C19H16ClFN4O3/c1-2-3-16(26)28-19-17(22)23-10-15(25-19)11-4-6-13(7-5-11)27-18-14(21)8-12(20)9-24-18/h4-10H,2-3H2,1H3,(H2,22,23). The molecule has 1 aromatic carbocycles. The van der Waals surface area contributed by atoms with Crippen molar-refractivity contribution in [2.45, 2.75) is 19.8 Å². The summed E-state index contributed by atoms with van der Waals surface area (Å²) in [6.45, 7) is 1.86. The molecule has 28 heavy (non-hydrogen) atoms. The van der Waals surface area contributed by atoms with E-state index >= 15 is 0 Å². The third-order valence-electron chi connectivity index (χ3n) is 3.57. The minimum atomic E-state index is -0.667. The van der Waals surface area contributed by atoms with E-state index in [0.29, 0.717) is 23.4 Å². The molecular weight excluding hydrogens is 387 g/mol. The Morgan fingerprint density at radius 3 is 2.61 bits per heavy atom. The molecule has 0 bridgehead atoms. The van der Waals surface area contributed by atoms with Gasteiger partial charge in [-0.2, -0.15) is 0 Å². The second-order valence-corrected chi connectivity index (χ2v) is 6.17. The normalized spacial score (nSPS) is 10.5. The first-order valence-electron chi connectivity index (χ1n) is 8.38. The molecule has 9 heteroatoms. The molecule has 2 heterocycles. The maximum atomic E-state index is 13.8. The minimum Gasteiger partial charge on any atom is -0.436 e. The molecule has 0 aliphatic carbocycles. The van der Waals surface area contributed by atoms with Crippen molar-refractivity contribution in [3.63, 3.8) is 0 Å². The lowest BCUT2D eigenvalue weighted by molar-refractivity contribution is -0.134. The summed E-state index contributed by atoms with van der Waals surface area (Å²) in [5, 5.41) is 0.178. The minimum absolute atomic E-state index is 0.0254. The van der Waals surface area contributed by atoms with Crippen molar-refractivity contribution >= 4 is 23.4 Å². The second kappa shape index (κ2) is 8.62. The van der Waals surface area contributed by atoms with Crippen LogP contribution in [0.25, 0.3) is 11.3 Å². The van der Waals surface area contributed by atoms with Crippen LogP contribution in [0.3, 0.4) is 0 Å². The van der Waals surface area contributed by atoms with Crippen molar-refractivity contribution in [1.29, 1.82) is 0 Å². The number of esters is 1. The van der Waals surface area contributed by atoms with Gasteiger partial charge in [-0.3, -0.25) is 4.79 Å². The van der Waals surface area contributed by atoms with Crippen LogP contribution in [0.1, 0.15) is 19.8 Å². The highest BCUT2D eigenvalue weighted by atomic mass is 35.5. The lowest BCUT2D eigenvalue weighted by Gasteiger charge is -2.09. The number of ether oxygens (including phenoxy) is 2. The number of nitrogens with zero attached hydrogens (tertiary/aromatic N) is 3. The van der Waals surface area contributed by atoms with E-state index in [1.165, 1.54) is 12.4 Å². The summed E-state index contributed by atoms with van der Waals surface area (Å²) in [5.74, 6) is -0.924. The first-order valence-corrected chi connectivity index (χ1v) is 8.76. The van der Waals surface area contributed by atoms with E-state index in [4.69, 9.17) is 26.8 Å². The number of hydrogen-bond acceptors (Lipinski definition) is 7. The van der Waals surface area contributed by atoms with Gasteiger partial charge in [0.25, 0.3) is 11.8 Å². The van der Waals surface area contributed by atoms with Gasteiger partial charge in [0.1, 0.15) is 5.75 Å². The van der Waals surface area contributed by atoms with Crippen LogP contribution in [-0.2, 0) is 4.79 Å². The van der Waals surface area contributed by atoms with Crippen molar-refractivity contribution in [2.24, 2.45) is 0 Å². The largest absolute Gasteiger partial charge is 0.436 e. The predicted octanol–water partition coefficient (Wildman–Crippen LogP) is 4.41. The maximum Gasteiger partial charge on any atom is 0.312 e. The molecule has 2 N–H and O–H groups in total. The number of carbonyl (C=O) groups excluding carboxylic acids is 1. The summed E-state index contributed by atoms with van der Waals surface area (Å²) < 4.78 is 24.3. The molecule has 0 saturated heterocycles. The fourth-order valence-corrected chi connectivity index (χ4v) is 2.39. The van der Waals surface area contributed by atoms with Crippen LogP contribution in [0.15, 0.2) is 42.7 Å². The SMILES string of the molecule is CCCC(=O)Oc1nc(-c2ccc(Oc3ncc(Cl)cc3F)cc2)cnc1N. The summed E-state index contributed by atoms with van der Waals surface area (Å²) in [6, 6.07) is 7.74. The molecule has 0 saturated carbocycles. The zero-order valence-corrected chi connectivity index (χ0v) is 15.6. The van der Waals surface area contributed by atoms with Crippen LogP contribution in [0, 0.1) is 5.82 Å². The first kappa shape index (κ1) is 19.5. The van der Waals surface area contributed by atoms with Crippen LogP contribution < -0.4 is 15.2 Å². The lowest BCUT2D eigenvalue weighted by atomic mass is 10.1. The molecule has 144 valence electrons. The van der Waals surface area contributed by atoms with E-state index in [1.807, 2.05) is 6.92 Å². The lowest BCUT2D eigenvalue weighted by Crippen LogP contribution is -2.11. The van der Waals surface area contributed by atoms with E-state index in [-0.39, 0.29) is 29.0 Å². The molecule has 7 nitrogen and oxygen atoms in total. The Balaban J connectivity index is 1.78. The molecule has 0 spiro atoms. The first-order chi connectivity index (χ1) is 13.5. The number of benzene rings is 1. The van der Waals surface area contributed by atoms with Gasteiger partial charge in [-0.05, 0) is 36.8 Å². The molecule has 0 fully saturated rings. The van der Waals surface area contributed by atoms with Gasteiger partial charge in [0.15, 0.2) is 11.6 Å². The van der Waals surface area contributed by atoms with Gasteiger partial charge in [0.2, 0.25) is 0 Å². The number of pyridine rings is 1. The van der Waals surface area contributed by atoms with Crippen molar-refractivity contribution < 1.29 is 18.7 Å². The molecule has 0 aliphatic heterocycles. The Morgan fingerprint density at radius 1 is 1.18 bits per heavy atom. The molecule has 0 radical (unpaired) electrons. The van der Waals surface area contributed by atoms with E-state index in [9.17, 15) is 9.18 Å². The van der Waals surface area contributed by atoms with E-state index in [2.05, 4.69) is 15.0 Å². The molecule has 0 atom stereocenters. The Labute approximate surface area is 165 Å². The van der Waals surface area contributed by atoms with Crippen molar-refractivity contribution in [3.8, 4) is 28.8 Å². The fraction of sp³-hybridized carbons (Fsp3) is 0.158. The van der Waals surface area contributed by atoms with Crippen LogP contribution in [0.5, 0.6) is 17.5 Å². The van der Waals surface area contributed by atoms with Crippen molar-refractivity contribution in [2.75, 3.05) is 5.73 Å². The highest BCUT2D eigenvalue weighted by Gasteiger charge is 2.13. The van der Waals surface area contributed by atoms with Gasteiger partial charge in [-0.15, -0.1) is 0 Å². The predicted molar refractivity (Wildman–Crippen MR) is 102 cm³/mol. The van der Waals surface area contributed by atoms with Gasteiger partial charge in [-0.25, -0.2) is 19.3 Å². The van der Waals surface area contributed by atoms with Crippen molar-refractivity contribution in [1.82, 2.24) is 15.0 Å². The highest BCUT2D eigenvalue weighted by molar-refractivity contribution is 6.30. The van der Waals surface area contributed by atoms with Crippen LogP contribution in [-0.4, -0.2) is 20.9 Å². The van der Waals surface area contributed by atoms with Crippen molar-refractivity contribution in [3.05, 3.63) is 53.6 Å². The number of hydrogen-bond donors (Lipinski definition) is 1. The number of carbonyl (C=O) groups is 1. The number of nitrogens with two attached hydrogens (primary N) is 1. The summed E-state index contributed by atoms with van der Waals surface area (Å²) in [7, 11) is 0. The number of halogens is 2. The van der Waals surface area contributed by atoms with Gasteiger partial charge in [0.05, 0.1) is 16.9 Å². The Kier molecular flexibility index (Phi) is 6.00. The second-order valence-electron chi connectivity index (χ2n) is 5.74. The van der Waals surface area contributed by atoms with Gasteiger partial charge >= 0.3 is 5.97 Å². The summed E-state index contributed by atoms with van der Waals surface area (Å²) >= 11 is 5.67. The fourth-order valence-electron chi connectivity index (χ4n) is 2.24. The van der Waals surface area contributed by atoms with Crippen LogP contribution in [0.4, 0.5) is 10.2 Å². The zero-order valence-electron chi connectivity index (χ0n) is 14.9. The third kappa shape index (κ3) is 4.72. The number of anilines is 1. The van der Waals surface area contributed by atoms with Crippen LogP contribution in [0.2, 0.25) is 5.02 Å². The Bertz CT molecular complexity index is 999. The topological polar surface area (TPSA) is 100 Å². The summed E-state index contributed by atoms with van der Waals surface area (Å²) in [6.07, 6.45) is 3.66. The molecule has 3 rings (SSSR count). The van der Waals surface area contributed by atoms with E-state index in [1.54, 1.807) is 24.3 Å². The average molecular weight is 403 g/mol. The molecule has 3 aromatic rings. The highest BCUT2D eigenvalue weighted by Crippen LogP contribution is 2.28. The molecule has 2 aromatic heterocycles. The Hall–Kier alpha value is -3.26. The molecular formula is C19H16ClFN4O3. The molecule has 0 aliphatic rings. The summed E-state index contributed by atoms with van der Waals surface area (Å²) in [4.78, 5) is 23.7.